The SMILES string of the molecule is C=CCCCCCOc1ccc(C)nc1/C=C/C(=O)O. The first-order chi connectivity index (χ1) is 9.63. The fourth-order valence-electron chi connectivity index (χ4n) is 1.71. The highest BCUT2D eigenvalue weighted by molar-refractivity contribution is 5.85. The molecule has 108 valence electrons. The molecule has 4 heteroatoms. The van der Waals surface area contributed by atoms with E-state index in [1.54, 1.807) is 0 Å². The van der Waals surface area contributed by atoms with Gasteiger partial charge in [-0.1, -0.05) is 6.08 Å². The minimum Gasteiger partial charge on any atom is -0.491 e. The van der Waals surface area contributed by atoms with Crippen LogP contribution in [0.25, 0.3) is 6.08 Å². The molecule has 4 nitrogen and oxygen atoms in total. The summed E-state index contributed by atoms with van der Waals surface area (Å²) in [6.07, 6.45) is 8.64. The van der Waals surface area contributed by atoms with E-state index in [1.807, 2.05) is 25.1 Å². The van der Waals surface area contributed by atoms with Crippen LogP contribution in [0.15, 0.2) is 30.9 Å². The molecular formula is C16H21NO3. The lowest BCUT2D eigenvalue weighted by Gasteiger charge is -2.09. The molecule has 0 radical (unpaired) electrons. The average molecular weight is 275 g/mol. The second-order valence-corrected chi connectivity index (χ2v) is 4.49. The second kappa shape index (κ2) is 8.91. The van der Waals surface area contributed by atoms with Gasteiger partial charge in [0.2, 0.25) is 0 Å². The Hall–Kier alpha value is -2.10. The van der Waals surface area contributed by atoms with Crippen molar-refractivity contribution in [1.82, 2.24) is 4.98 Å². The maximum absolute atomic E-state index is 10.6. The van der Waals surface area contributed by atoms with Crippen molar-refractivity contribution >= 4 is 12.0 Å². The third-order valence-electron chi connectivity index (χ3n) is 2.72. The molecule has 0 fully saturated rings. The van der Waals surface area contributed by atoms with Gasteiger partial charge in [-0.3, -0.25) is 0 Å². The molecule has 1 aromatic heterocycles. The summed E-state index contributed by atoms with van der Waals surface area (Å²) in [6, 6.07) is 3.68. The quantitative estimate of drug-likeness (QED) is 0.425. The van der Waals surface area contributed by atoms with E-state index in [1.165, 1.54) is 6.08 Å². The van der Waals surface area contributed by atoms with Crippen LogP contribution in [0.1, 0.15) is 37.1 Å². The number of nitrogens with zero attached hydrogens (tertiary/aromatic N) is 1. The van der Waals surface area contributed by atoms with E-state index in [4.69, 9.17) is 9.84 Å². The van der Waals surface area contributed by atoms with E-state index >= 15 is 0 Å². The van der Waals surface area contributed by atoms with Crippen molar-refractivity contribution in [3.8, 4) is 5.75 Å². The Morgan fingerprint density at radius 2 is 2.20 bits per heavy atom. The number of rotatable bonds is 9. The molecule has 1 aromatic rings. The van der Waals surface area contributed by atoms with E-state index in [9.17, 15) is 4.79 Å². The van der Waals surface area contributed by atoms with Crippen LogP contribution in [0, 0.1) is 6.92 Å². The molecule has 0 aliphatic carbocycles. The smallest absolute Gasteiger partial charge is 0.328 e. The van der Waals surface area contributed by atoms with Gasteiger partial charge in [0.05, 0.1) is 6.61 Å². The van der Waals surface area contributed by atoms with Crippen molar-refractivity contribution in [2.45, 2.75) is 32.6 Å². The average Bonchev–Trinajstić information content (AvgIpc) is 2.42. The maximum Gasteiger partial charge on any atom is 0.328 e. The van der Waals surface area contributed by atoms with Crippen molar-refractivity contribution in [2.24, 2.45) is 0 Å². The minimum absolute atomic E-state index is 0.554. The number of carbonyl (C=O) groups is 1. The molecule has 0 bridgehead atoms. The summed E-state index contributed by atoms with van der Waals surface area (Å²) in [5, 5.41) is 8.67. The maximum atomic E-state index is 10.6. The zero-order valence-electron chi connectivity index (χ0n) is 11.8. The van der Waals surface area contributed by atoms with E-state index in [-0.39, 0.29) is 0 Å². The molecule has 0 unspecified atom stereocenters. The highest BCUT2D eigenvalue weighted by atomic mass is 16.5. The van der Waals surface area contributed by atoms with Gasteiger partial charge in [0.25, 0.3) is 0 Å². The van der Waals surface area contributed by atoms with E-state index < -0.39 is 5.97 Å². The van der Waals surface area contributed by atoms with E-state index in [0.29, 0.717) is 18.1 Å². The van der Waals surface area contributed by atoms with Crippen molar-refractivity contribution in [2.75, 3.05) is 6.61 Å². The van der Waals surface area contributed by atoms with Crippen LogP contribution >= 0.6 is 0 Å². The summed E-state index contributed by atoms with van der Waals surface area (Å²) < 4.78 is 5.67. The lowest BCUT2D eigenvalue weighted by atomic mass is 10.2. The molecular weight excluding hydrogens is 254 g/mol. The fourth-order valence-corrected chi connectivity index (χ4v) is 1.71. The third-order valence-corrected chi connectivity index (χ3v) is 2.72. The molecule has 1 heterocycles. The summed E-state index contributed by atoms with van der Waals surface area (Å²) in [7, 11) is 0. The highest BCUT2D eigenvalue weighted by Crippen LogP contribution is 2.19. The van der Waals surface area contributed by atoms with Gasteiger partial charge in [0, 0.05) is 11.8 Å². The number of hydrogen-bond acceptors (Lipinski definition) is 3. The fraction of sp³-hybridized carbons (Fsp3) is 0.375. The van der Waals surface area contributed by atoms with Crippen molar-refractivity contribution in [3.05, 3.63) is 42.3 Å². The predicted octanol–water partition coefficient (Wildman–Crippen LogP) is 3.61. The van der Waals surface area contributed by atoms with E-state index in [0.717, 1.165) is 37.5 Å². The van der Waals surface area contributed by atoms with Crippen molar-refractivity contribution in [1.29, 1.82) is 0 Å². The molecule has 0 aromatic carbocycles. The third kappa shape index (κ3) is 6.18. The number of carboxylic acid groups (broad SMARTS) is 1. The number of aromatic nitrogens is 1. The molecule has 0 atom stereocenters. The monoisotopic (exact) mass is 275 g/mol. The van der Waals surface area contributed by atoms with Crippen LogP contribution in [0.2, 0.25) is 0 Å². The van der Waals surface area contributed by atoms with Gasteiger partial charge in [-0.15, -0.1) is 6.58 Å². The zero-order chi connectivity index (χ0) is 14.8. The van der Waals surface area contributed by atoms with Crippen LogP contribution in [0.4, 0.5) is 0 Å². The predicted molar refractivity (Wildman–Crippen MR) is 79.8 cm³/mol. The number of hydrogen-bond donors (Lipinski definition) is 1. The second-order valence-electron chi connectivity index (χ2n) is 4.49. The minimum atomic E-state index is -0.997. The lowest BCUT2D eigenvalue weighted by Crippen LogP contribution is -2.01. The largest absolute Gasteiger partial charge is 0.491 e. The van der Waals surface area contributed by atoms with Crippen molar-refractivity contribution in [3.63, 3.8) is 0 Å². The van der Waals surface area contributed by atoms with Gasteiger partial charge in [-0.25, -0.2) is 9.78 Å². The summed E-state index contributed by atoms with van der Waals surface area (Å²) >= 11 is 0. The van der Waals surface area contributed by atoms with Gasteiger partial charge in [-0.2, -0.15) is 0 Å². The number of aryl methyl sites for hydroxylation is 1. The number of pyridine rings is 1. The Bertz CT molecular complexity index is 481. The molecule has 0 saturated carbocycles. The Kier molecular flexibility index (Phi) is 7.11. The van der Waals surface area contributed by atoms with Crippen molar-refractivity contribution < 1.29 is 14.6 Å². The molecule has 20 heavy (non-hydrogen) atoms. The summed E-state index contributed by atoms with van der Waals surface area (Å²) in [6.45, 7) is 6.15. The summed E-state index contributed by atoms with van der Waals surface area (Å²) in [4.78, 5) is 14.9. The summed E-state index contributed by atoms with van der Waals surface area (Å²) in [5.74, 6) is -0.375. The summed E-state index contributed by atoms with van der Waals surface area (Å²) in [5.41, 5.74) is 1.38. The molecule has 0 amide bonds. The first kappa shape index (κ1) is 16.0. The normalized spacial score (nSPS) is 10.7. The van der Waals surface area contributed by atoms with Crippen LogP contribution in [-0.4, -0.2) is 22.7 Å². The standard InChI is InChI=1S/C16H21NO3/c1-3-4-5-6-7-12-20-15-10-8-13(2)17-14(15)9-11-16(18)19/h3,8-11H,1,4-7,12H2,2H3,(H,18,19)/b11-9+. The van der Waals surface area contributed by atoms with E-state index in [2.05, 4.69) is 11.6 Å². The molecule has 0 aliphatic rings. The first-order valence-corrected chi connectivity index (χ1v) is 6.76. The molecule has 1 N–H and O–H groups in total. The first-order valence-electron chi connectivity index (χ1n) is 6.76. The number of aliphatic carboxylic acids is 1. The Balaban J connectivity index is 2.55. The Labute approximate surface area is 119 Å². The van der Waals surface area contributed by atoms with Crippen LogP contribution in [0.3, 0.4) is 0 Å². The molecule has 0 saturated heterocycles. The van der Waals surface area contributed by atoms with Gasteiger partial charge in [0.15, 0.2) is 0 Å². The number of unbranched alkanes of at least 4 members (excludes halogenated alkanes) is 3. The highest BCUT2D eigenvalue weighted by Gasteiger charge is 2.03. The van der Waals surface area contributed by atoms with Gasteiger partial charge < -0.3 is 9.84 Å². The molecule has 0 spiro atoms. The Morgan fingerprint density at radius 1 is 1.40 bits per heavy atom. The van der Waals surface area contributed by atoms with Crippen LogP contribution in [-0.2, 0) is 4.79 Å². The topological polar surface area (TPSA) is 59.4 Å². The van der Waals surface area contributed by atoms with Crippen LogP contribution in [0.5, 0.6) is 5.75 Å². The van der Waals surface area contributed by atoms with Gasteiger partial charge in [-0.05, 0) is 50.8 Å². The van der Waals surface area contributed by atoms with Gasteiger partial charge in [0.1, 0.15) is 11.4 Å². The van der Waals surface area contributed by atoms with Crippen LogP contribution < -0.4 is 4.74 Å². The lowest BCUT2D eigenvalue weighted by molar-refractivity contribution is -0.131. The molecule has 0 aliphatic heterocycles. The Morgan fingerprint density at radius 3 is 2.90 bits per heavy atom. The van der Waals surface area contributed by atoms with Gasteiger partial charge >= 0.3 is 5.97 Å². The molecule has 1 rings (SSSR count). The number of carboxylic acids is 1. The number of allylic oxidation sites excluding steroid dienone is 1. The number of ether oxygens (including phenoxy) is 1. The zero-order valence-corrected chi connectivity index (χ0v) is 11.8.